The first-order chi connectivity index (χ1) is 15.7. The molecule has 186 valence electrons. The number of carbonyl (C=O) groups is 2. The van der Waals surface area contributed by atoms with E-state index in [1.165, 1.54) is 10.5 Å². The molecule has 1 N–H and O–H groups in total. The molecule has 1 saturated heterocycles. The van der Waals surface area contributed by atoms with Crippen molar-refractivity contribution in [3.8, 4) is 0 Å². The van der Waals surface area contributed by atoms with Gasteiger partial charge in [-0.1, -0.05) is 56.5 Å². The summed E-state index contributed by atoms with van der Waals surface area (Å²) in [6.45, 7) is 2.24. The average molecular weight is 467 g/mol. The fourth-order valence-corrected chi connectivity index (χ4v) is 4.60. The molecule has 0 bridgehead atoms. The van der Waals surface area contributed by atoms with Gasteiger partial charge in [0.15, 0.2) is 0 Å². The number of halogens is 2. The van der Waals surface area contributed by atoms with Crippen molar-refractivity contribution in [3.63, 3.8) is 0 Å². The van der Waals surface area contributed by atoms with Gasteiger partial charge in [0.1, 0.15) is 0 Å². The van der Waals surface area contributed by atoms with Gasteiger partial charge in [0.2, 0.25) is 0 Å². The first kappa shape index (κ1) is 27.2. The monoisotopic (exact) mass is 466 g/mol. The first-order valence-corrected chi connectivity index (χ1v) is 12.3. The van der Waals surface area contributed by atoms with Crippen molar-refractivity contribution in [1.82, 2.24) is 4.90 Å². The zero-order chi connectivity index (χ0) is 24.3. The summed E-state index contributed by atoms with van der Waals surface area (Å²) in [7, 11) is 0. The van der Waals surface area contributed by atoms with Crippen LogP contribution in [0.1, 0.15) is 83.1 Å². The molecule has 33 heavy (non-hydrogen) atoms. The van der Waals surface area contributed by atoms with E-state index in [4.69, 9.17) is 0 Å². The number of hydrogen-bond donors (Lipinski definition) is 1. The molecule has 1 amide bonds. The fraction of sp³-hybridized carbons (Fsp3) is 0.692. The van der Waals surface area contributed by atoms with Crippen LogP contribution >= 0.6 is 0 Å². The minimum Gasteiger partial charge on any atom is -0.550 e. The van der Waals surface area contributed by atoms with E-state index in [9.17, 15) is 28.6 Å². The lowest BCUT2D eigenvalue weighted by molar-refractivity contribution is -0.305. The Bertz CT molecular complexity index is 728. The third-order valence-corrected chi connectivity index (χ3v) is 6.71. The lowest BCUT2D eigenvalue weighted by atomic mass is 9.92. The number of carboxylic acid groups (broad SMARTS) is 1. The van der Waals surface area contributed by atoms with E-state index in [0.29, 0.717) is 38.5 Å². The van der Waals surface area contributed by atoms with Crippen molar-refractivity contribution in [2.75, 3.05) is 6.54 Å². The lowest BCUT2D eigenvalue weighted by Gasteiger charge is -2.26. The Morgan fingerprint density at radius 2 is 1.82 bits per heavy atom. The van der Waals surface area contributed by atoms with Crippen LogP contribution in [-0.2, 0) is 16.0 Å². The van der Waals surface area contributed by atoms with Crippen molar-refractivity contribution in [1.29, 1.82) is 0 Å². The van der Waals surface area contributed by atoms with E-state index in [1.807, 2.05) is 25.1 Å². The summed E-state index contributed by atoms with van der Waals surface area (Å²) in [5.74, 6) is -5.47. The zero-order valence-corrected chi connectivity index (χ0v) is 19.7. The lowest BCUT2D eigenvalue weighted by Crippen LogP contribution is -2.37. The van der Waals surface area contributed by atoms with Crippen LogP contribution < -0.4 is 5.11 Å². The highest BCUT2D eigenvalue weighted by Crippen LogP contribution is 2.36. The Hall–Kier alpha value is -2.02. The molecule has 2 rings (SSSR count). The summed E-state index contributed by atoms with van der Waals surface area (Å²) >= 11 is 0. The van der Waals surface area contributed by atoms with Crippen LogP contribution in [-0.4, -0.2) is 46.5 Å². The molecular formula is C26H38F2NO4-. The van der Waals surface area contributed by atoms with Gasteiger partial charge in [-0.2, -0.15) is 8.78 Å². The van der Waals surface area contributed by atoms with Crippen LogP contribution in [0, 0.1) is 5.92 Å². The van der Waals surface area contributed by atoms with Crippen LogP contribution in [0.3, 0.4) is 0 Å². The maximum Gasteiger partial charge on any atom is 0.326 e. The SMILES string of the molecule is C[C@H](CCCCc1ccccc1)[C@H](O)CC[C@H]1CC(F)(F)C(=O)N1CCCCCCC(=O)[O-]. The highest BCUT2D eigenvalue weighted by Gasteiger charge is 2.52. The van der Waals surface area contributed by atoms with Crippen molar-refractivity contribution < 1.29 is 28.6 Å². The largest absolute Gasteiger partial charge is 0.550 e. The minimum atomic E-state index is -3.34. The van der Waals surface area contributed by atoms with Gasteiger partial charge >= 0.3 is 5.92 Å². The van der Waals surface area contributed by atoms with Crippen molar-refractivity contribution >= 4 is 11.9 Å². The smallest absolute Gasteiger partial charge is 0.326 e. The van der Waals surface area contributed by atoms with Gasteiger partial charge in [0.05, 0.1) is 6.10 Å². The number of nitrogens with zero attached hydrogens (tertiary/aromatic N) is 1. The quantitative estimate of drug-likeness (QED) is 0.372. The molecule has 5 nitrogen and oxygen atoms in total. The summed E-state index contributed by atoms with van der Waals surface area (Å²) in [5.41, 5.74) is 1.30. The molecule has 0 unspecified atom stereocenters. The molecule has 1 aliphatic rings. The highest BCUT2D eigenvalue weighted by atomic mass is 19.3. The van der Waals surface area contributed by atoms with E-state index in [-0.39, 0.29) is 18.9 Å². The van der Waals surface area contributed by atoms with E-state index >= 15 is 0 Å². The van der Waals surface area contributed by atoms with Crippen LogP contribution in [0.2, 0.25) is 0 Å². The average Bonchev–Trinajstić information content (AvgIpc) is 3.00. The molecule has 3 atom stereocenters. The third kappa shape index (κ3) is 9.40. The van der Waals surface area contributed by atoms with Crippen LogP contribution in [0.5, 0.6) is 0 Å². The Morgan fingerprint density at radius 1 is 1.12 bits per heavy atom. The molecule has 0 aliphatic carbocycles. The summed E-state index contributed by atoms with van der Waals surface area (Å²) in [5, 5.41) is 21.0. The fourth-order valence-electron chi connectivity index (χ4n) is 4.60. The van der Waals surface area contributed by atoms with Crippen LogP contribution in [0.25, 0.3) is 0 Å². The number of carboxylic acids is 1. The number of hydrogen-bond acceptors (Lipinski definition) is 4. The topological polar surface area (TPSA) is 80.7 Å². The number of amides is 1. The standard InChI is InChI=1S/C26H39F2NO4/c1-20(11-8-9-14-21-12-5-4-6-13-21)23(30)17-16-22-19-26(27,28)25(33)29(22)18-10-3-2-7-15-24(31)32/h4-6,12-13,20,22-23,30H,2-3,7-11,14-19H2,1H3,(H,31,32)/p-1/t20-,22+,23-/m1/s1. The molecule has 1 heterocycles. The molecule has 0 saturated carbocycles. The maximum atomic E-state index is 14.1. The minimum absolute atomic E-state index is 0.00826. The van der Waals surface area contributed by atoms with Gasteiger partial charge in [-0.3, -0.25) is 4.79 Å². The molecule has 7 heteroatoms. The number of carbonyl (C=O) groups excluding carboxylic acids is 2. The predicted octanol–water partition coefficient (Wildman–Crippen LogP) is 4.11. The second-order valence-corrected chi connectivity index (χ2v) is 9.45. The van der Waals surface area contributed by atoms with Gasteiger partial charge in [-0.15, -0.1) is 0 Å². The van der Waals surface area contributed by atoms with E-state index in [1.54, 1.807) is 0 Å². The summed E-state index contributed by atoms with van der Waals surface area (Å²) in [4.78, 5) is 23.9. The molecule has 0 radical (unpaired) electrons. The molecule has 0 aromatic heterocycles. The van der Waals surface area contributed by atoms with Gasteiger partial charge in [0, 0.05) is 25.0 Å². The van der Waals surface area contributed by atoms with E-state index < -0.39 is 36.4 Å². The number of aliphatic hydroxyl groups is 1. The summed E-state index contributed by atoms with van der Waals surface area (Å²) < 4.78 is 28.1. The Labute approximate surface area is 196 Å². The number of aliphatic hydroxyl groups excluding tert-OH is 1. The van der Waals surface area contributed by atoms with Crippen molar-refractivity contribution in [2.24, 2.45) is 5.92 Å². The first-order valence-electron chi connectivity index (χ1n) is 12.3. The van der Waals surface area contributed by atoms with Gasteiger partial charge < -0.3 is 19.9 Å². The zero-order valence-electron chi connectivity index (χ0n) is 19.7. The number of unbranched alkanes of at least 4 members (excludes halogenated alkanes) is 4. The van der Waals surface area contributed by atoms with Crippen LogP contribution in [0.4, 0.5) is 8.78 Å². The molecular weight excluding hydrogens is 428 g/mol. The molecule has 1 aliphatic heterocycles. The van der Waals surface area contributed by atoms with Crippen LogP contribution in [0.15, 0.2) is 30.3 Å². The molecule has 1 aromatic carbocycles. The summed E-state index contributed by atoms with van der Waals surface area (Å²) in [6.07, 6.45) is 6.01. The summed E-state index contributed by atoms with van der Waals surface area (Å²) in [6, 6.07) is 9.71. The number of likely N-dealkylation sites (tertiary alicyclic amines) is 1. The predicted molar refractivity (Wildman–Crippen MR) is 122 cm³/mol. The molecule has 0 spiro atoms. The van der Waals surface area contributed by atoms with E-state index in [2.05, 4.69) is 12.1 Å². The Balaban J connectivity index is 1.70. The Morgan fingerprint density at radius 3 is 2.52 bits per heavy atom. The highest BCUT2D eigenvalue weighted by molar-refractivity contribution is 5.86. The van der Waals surface area contributed by atoms with Gasteiger partial charge in [-0.25, -0.2) is 0 Å². The second-order valence-electron chi connectivity index (χ2n) is 9.45. The normalized spacial score (nSPS) is 19.6. The number of aryl methyl sites for hydroxylation is 1. The van der Waals surface area contributed by atoms with Gasteiger partial charge in [-0.05, 0) is 62.8 Å². The number of aliphatic carboxylic acids is 1. The molecule has 1 fully saturated rings. The third-order valence-electron chi connectivity index (χ3n) is 6.71. The Kier molecular flexibility index (Phi) is 11.2. The number of alkyl halides is 2. The van der Waals surface area contributed by atoms with Crippen molar-refractivity contribution in [2.45, 2.75) is 102 Å². The number of benzene rings is 1. The van der Waals surface area contributed by atoms with Crippen molar-refractivity contribution in [3.05, 3.63) is 35.9 Å². The maximum absolute atomic E-state index is 14.1. The van der Waals surface area contributed by atoms with Gasteiger partial charge in [0.25, 0.3) is 5.91 Å². The number of rotatable bonds is 16. The van der Waals surface area contributed by atoms with E-state index in [0.717, 1.165) is 25.7 Å². The molecule has 1 aromatic rings. The second kappa shape index (κ2) is 13.6.